The van der Waals surface area contributed by atoms with Crippen molar-refractivity contribution in [3.63, 3.8) is 0 Å². The lowest BCUT2D eigenvalue weighted by molar-refractivity contribution is 0.393. The van der Waals surface area contributed by atoms with Gasteiger partial charge in [-0.15, -0.1) is 0 Å². The maximum atomic E-state index is 5.38. The van der Waals surface area contributed by atoms with Crippen LogP contribution in [0.3, 0.4) is 0 Å². The summed E-state index contributed by atoms with van der Waals surface area (Å²) in [5, 5.41) is 1.14. The van der Waals surface area contributed by atoms with Crippen LogP contribution in [0, 0.1) is 0 Å². The van der Waals surface area contributed by atoms with Gasteiger partial charge < -0.3 is 14.0 Å². The minimum Gasteiger partial charge on any atom is -0.497 e. The highest BCUT2D eigenvalue weighted by Crippen LogP contribution is 2.27. The van der Waals surface area contributed by atoms with Crippen molar-refractivity contribution >= 4 is 10.9 Å². The fourth-order valence-corrected chi connectivity index (χ4v) is 3.33. The van der Waals surface area contributed by atoms with Gasteiger partial charge in [0.2, 0.25) is 0 Å². The molecule has 0 aliphatic rings. The highest BCUT2D eigenvalue weighted by molar-refractivity contribution is 5.84. The molecule has 0 saturated carbocycles. The van der Waals surface area contributed by atoms with Crippen LogP contribution >= 0.6 is 0 Å². The molecule has 0 saturated heterocycles. The first-order chi connectivity index (χ1) is 13.1. The topological polar surface area (TPSA) is 36.3 Å². The van der Waals surface area contributed by atoms with Crippen molar-refractivity contribution in [3.8, 4) is 22.6 Å². The van der Waals surface area contributed by atoms with Crippen LogP contribution in [0.1, 0.15) is 11.1 Å². The summed E-state index contributed by atoms with van der Waals surface area (Å²) in [7, 11) is 5.37. The quantitative estimate of drug-likeness (QED) is 0.512. The molecule has 4 nitrogen and oxygen atoms in total. The van der Waals surface area contributed by atoms with Crippen LogP contribution in [-0.2, 0) is 13.5 Å². The number of aromatic nitrogens is 2. The maximum Gasteiger partial charge on any atom is 0.122 e. The van der Waals surface area contributed by atoms with Crippen molar-refractivity contribution in [2.24, 2.45) is 7.05 Å². The maximum absolute atomic E-state index is 5.38. The zero-order valence-corrected chi connectivity index (χ0v) is 15.8. The van der Waals surface area contributed by atoms with E-state index in [1.54, 1.807) is 14.2 Å². The first-order valence-electron chi connectivity index (χ1n) is 8.87. The van der Waals surface area contributed by atoms with Crippen molar-refractivity contribution in [2.45, 2.75) is 6.42 Å². The van der Waals surface area contributed by atoms with Gasteiger partial charge in [-0.05, 0) is 53.9 Å². The molecule has 0 unspecified atom stereocenters. The Hall–Kier alpha value is -3.27. The van der Waals surface area contributed by atoms with Gasteiger partial charge in [0.15, 0.2) is 0 Å². The van der Waals surface area contributed by atoms with Crippen LogP contribution in [0.4, 0.5) is 0 Å². The summed E-state index contributed by atoms with van der Waals surface area (Å²) < 4.78 is 12.8. The van der Waals surface area contributed by atoms with Crippen molar-refractivity contribution < 1.29 is 9.47 Å². The summed E-state index contributed by atoms with van der Waals surface area (Å²) in [5.74, 6) is 1.61. The molecular weight excluding hydrogens is 336 g/mol. The minimum absolute atomic E-state index is 0.804. The zero-order chi connectivity index (χ0) is 18.8. The van der Waals surface area contributed by atoms with Gasteiger partial charge in [-0.1, -0.05) is 6.07 Å². The molecular formula is C23H22N2O2. The van der Waals surface area contributed by atoms with E-state index >= 15 is 0 Å². The van der Waals surface area contributed by atoms with Gasteiger partial charge in [-0.2, -0.15) is 0 Å². The lowest BCUT2D eigenvalue weighted by Gasteiger charge is -2.09. The van der Waals surface area contributed by atoms with Gasteiger partial charge in [0, 0.05) is 48.2 Å². The third-order valence-electron chi connectivity index (χ3n) is 4.73. The van der Waals surface area contributed by atoms with Crippen LogP contribution in [0.2, 0.25) is 0 Å². The largest absolute Gasteiger partial charge is 0.497 e. The normalized spacial score (nSPS) is 10.9. The molecule has 0 aliphatic carbocycles. The van der Waals surface area contributed by atoms with Crippen LogP contribution in [0.25, 0.3) is 22.0 Å². The average Bonchev–Trinajstić information content (AvgIpc) is 3.13. The number of rotatable bonds is 5. The Bertz CT molecular complexity index is 1080. The number of pyridine rings is 1. The average molecular weight is 358 g/mol. The van der Waals surface area contributed by atoms with Crippen molar-refractivity contribution in [1.29, 1.82) is 0 Å². The van der Waals surface area contributed by atoms with E-state index in [0.29, 0.717) is 0 Å². The first kappa shape index (κ1) is 17.2. The van der Waals surface area contributed by atoms with Gasteiger partial charge in [0.1, 0.15) is 11.5 Å². The van der Waals surface area contributed by atoms with Crippen LogP contribution < -0.4 is 9.47 Å². The van der Waals surface area contributed by atoms with Gasteiger partial charge in [-0.25, -0.2) is 0 Å². The molecule has 0 atom stereocenters. The van der Waals surface area contributed by atoms with E-state index in [1.165, 1.54) is 11.1 Å². The van der Waals surface area contributed by atoms with E-state index in [4.69, 9.17) is 9.47 Å². The molecule has 136 valence electrons. The Morgan fingerprint density at radius 2 is 1.63 bits per heavy atom. The van der Waals surface area contributed by atoms with Gasteiger partial charge in [0.25, 0.3) is 0 Å². The number of aryl methyl sites for hydroxylation is 1. The van der Waals surface area contributed by atoms with Gasteiger partial charge in [0.05, 0.1) is 19.7 Å². The van der Waals surface area contributed by atoms with Gasteiger partial charge in [-0.3, -0.25) is 4.98 Å². The lowest BCUT2D eigenvalue weighted by Crippen LogP contribution is -1.93. The number of ether oxygens (including phenoxy) is 2. The predicted molar refractivity (Wildman–Crippen MR) is 109 cm³/mol. The third kappa shape index (κ3) is 3.65. The van der Waals surface area contributed by atoms with Crippen molar-refractivity contribution in [3.05, 3.63) is 78.2 Å². The SMILES string of the molecule is COc1cc(Cc2ccc3ncc(-c4ccn(C)c4)cc3c2)cc(OC)c1. The summed E-state index contributed by atoms with van der Waals surface area (Å²) in [6.45, 7) is 0. The minimum atomic E-state index is 0.804. The molecule has 0 radical (unpaired) electrons. The number of methoxy groups -OCH3 is 2. The smallest absolute Gasteiger partial charge is 0.122 e. The van der Waals surface area contributed by atoms with Crippen LogP contribution in [-0.4, -0.2) is 23.8 Å². The number of hydrogen-bond donors (Lipinski definition) is 0. The molecule has 2 aromatic heterocycles. The summed E-state index contributed by atoms with van der Waals surface area (Å²) in [6.07, 6.45) is 6.89. The molecule has 0 amide bonds. The van der Waals surface area contributed by atoms with Crippen LogP contribution in [0.15, 0.2) is 67.1 Å². The summed E-state index contributed by atoms with van der Waals surface area (Å²) >= 11 is 0. The molecule has 0 N–H and O–H groups in total. The Labute approximate surface area is 159 Å². The molecule has 2 heterocycles. The molecule has 0 fully saturated rings. The fraction of sp³-hybridized carbons (Fsp3) is 0.174. The van der Waals surface area contributed by atoms with Crippen molar-refractivity contribution in [1.82, 2.24) is 9.55 Å². The number of benzene rings is 2. The Kier molecular flexibility index (Phi) is 4.55. The standard InChI is InChI=1S/C23H22N2O2/c1-25-7-6-18(15-25)20-12-19-9-16(4-5-23(19)24-14-20)8-17-10-21(26-2)13-22(11-17)27-3/h4-7,9-15H,8H2,1-3H3. The highest BCUT2D eigenvalue weighted by atomic mass is 16.5. The molecule has 2 aromatic carbocycles. The van der Waals surface area contributed by atoms with E-state index in [9.17, 15) is 0 Å². The monoisotopic (exact) mass is 358 g/mol. The molecule has 0 bridgehead atoms. The Morgan fingerprint density at radius 1 is 0.852 bits per heavy atom. The van der Waals surface area contributed by atoms with E-state index < -0.39 is 0 Å². The third-order valence-corrected chi connectivity index (χ3v) is 4.73. The van der Waals surface area contributed by atoms with E-state index in [-0.39, 0.29) is 0 Å². The number of nitrogens with zero attached hydrogens (tertiary/aromatic N) is 2. The fourth-order valence-electron chi connectivity index (χ4n) is 3.33. The Balaban J connectivity index is 1.68. The van der Waals surface area contributed by atoms with Crippen LogP contribution in [0.5, 0.6) is 11.5 Å². The second-order valence-corrected chi connectivity index (χ2v) is 6.71. The molecule has 0 spiro atoms. The van der Waals surface area contributed by atoms with E-state index in [2.05, 4.69) is 41.5 Å². The molecule has 0 aliphatic heterocycles. The highest BCUT2D eigenvalue weighted by Gasteiger charge is 2.06. The number of hydrogen-bond acceptors (Lipinski definition) is 3. The summed E-state index contributed by atoms with van der Waals surface area (Å²) in [5.41, 5.74) is 5.68. The first-order valence-corrected chi connectivity index (χ1v) is 8.87. The summed E-state index contributed by atoms with van der Waals surface area (Å²) in [6, 6.07) is 16.7. The number of fused-ring (bicyclic) bond motifs is 1. The Morgan fingerprint density at radius 3 is 2.30 bits per heavy atom. The van der Waals surface area contributed by atoms with Gasteiger partial charge >= 0.3 is 0 Å². The summed E-state index contributed by atoms with van der Waals surface area (Å²) in [4.78, 5) is 4.62. The van der Waals surface area contributed by atoms with Crippen molar-refractivity contribution in [2.75, 3.05) is 14.2 Å². The lowest BCUT2D eigenvalue weighted by atomic mass is 10.0. The van der Waals surface area contributed by atoms with E-state index in [0.717, 1.165) is 39.9 Å². The second kappa shape index (κ2) is 7.16. The molecule has 4 heteroatoms. The molecule has 4 rings (SSSR count). The predicted octanol–water partition coefficient (Wildman–Crippen LogP) is 4.85. The molecule has 27 heavy (non-hydrogen) atoms. The second-order valence-electron chi connectivity index (χ2n) is 6.71. The molecule has 4 aromatic rings. The van der Waals surface area contributed by atoms with E-state index in [1.807, 2.05) is 42.2 Å². The zero-order valence-electron chi connectivity index (χ0n) is 15.8.